The van der Waals surface area contributed by atoms with Crippen molar-refractivity contribution < 1.29 is 9.90 Å². The van der Waals surface area contributed by atoms with Crippen molar-refractivity contribution in [1.29, 1.82) is 0 Å². The van der Waals surface area contributed by atoms with Crippen molar-refractivity contribution in [2.75, 3.05) is 0 Å². The topological polar surface area (TPSA) is 42.2 Å². The Bertz CT molecular complexity index is 772. The van der Waals surface area contributed by atoms with Gasteiger partial charge in [0.05, 0.1) is 0 Å². The summed E-state index contributed by atoms with van der Waals surface area (Å²) in [5, 5.41) is 10.9. The molecular formula is C25H41NO2Sn. The van der Waals surface area contributed by atoms with Crippen LogP contribution in [0.3, 0.4) is 0 Å². The summed E-state index contributed by atoms with van der Waals surface area (Å²) in [5.74, 6) is 0.439. The summed E-state index contributed by atoms with van der Waals surface area (Å²) in [6, 6.07) is 8.97. The fourth-order valence-corrected chi connectivity index (χ4v) is 20.7. The number of aromatic nitrogens is 1. The average Bonchev–Trinajstić information content (AvgIpc) is 3.04. The van der Waals surface area contributed by atoms with Gasteiger partial charge < -0.3 is 0 Å². The molecule has 0 aliphatic heterocycles. The minimum absolute atomic E-state index is 0.439. The molecule has 162 valence electrons. The number of unbranched alkanes of at least 4 members (excludes halogenated alkanes) is 3. The van der Waals surface area contributed by atoms with Crippen molar-refractivity contribution in [3.63, 3.8) is 0 Å². The Morgan fingerprint density at radius 2 is 1.52 bits per heavy atom. The first-order chi connectivity index (χ1) is 13.9. The third-order valence-electron chi connectivity index (χ3n) is 6.33. The fraction of sp³-hybridized carbons (Fsp3) is 0.640. The first-order valence-corrected chi connectivity index (χ1v) is 19.2. The van der Waals surface area contributed by atoms with Gasteiger partial charge in [-0.1, -0.05) is 0 Å². The van der Waals surface area contributed by atoms with Crippen LogP contribution in [0.4, 0.5) is 4.79 Å². The quantitative estimate of drug-likeness (QED) is 0.305. The Labute approximate surface area is 181 Å². The molecule has 0 bridgehead atoms. The Morgan fingerprint density at radius 1 is 0.966 bits per heavy atom. The number of hydrogen-bond donors (Lipinski definition) is 1. The van der Waals surface area contributed by atoms with E-state index in [1.807, 2.05) is 0 Å². The first-order valence-electron chi connectivity index (χ1n) is 11.8. The number of carboxylic acid groups (broad SMARTS) is 1. The van der Waals surface area contributed by atoms with Gasteiger partial charge >= 0.3 is 182 Å². The van der Waals surface area contributed by atoms with Crippen LogP contribution in [0.2, 0.25) is 13.3 Å². The number of rotatable bonds is 12. The predicted molar refractivity (Wildman–Crippen MR) is 128 cm³/mol. The van der Waals surface area contributed by atoms with Gasteiger partial charge in [0.1, 0.15) is 0 Å². The van der Waals surface area contributed by atoms with Crippen LogP contribution in [0, 0.1) is 5.92 Å². The molecule has 2 rings (SSSR count). The van der Waals surface area contributed by atoms with Crippen molar-refractivity contribution in [3.05, 3.63) is 30.0 Å². The summed E-state index contributed by atoms with van der Waals surface area (Å²) >= 11 is -2.50. The molecule has 1 aromatic carbocycles. The Hall–Kier alpha value is -0.971. The second-order valence-electron chi connectivity index (χ2n) is 9.22. The first kappa shape index (κ1) is 24.3. The molecule has 0 spiro atoms. The Kier molecular flexibility index (Phi) is 9.58. The van der Waals surface area contributed by atoms with E-state index in [-0.39, 0.29) is 0 Å². The molecule has 0 aliphatic rings. The molecule has 0 saturated heterocycles. The van der Waals surface area contributed by atoms with E-state index in [2.05, 4.69) is 58.9 Å². The molecule has 0 radical (unpaired) electrons. The van der Waals surface area contributed by atoms with Gasteiger partial charge in [-0.05, 0) is 0 Å². The number of carbonyl (C=O) groups is 1. The zero-order chi connectivity index (χ0) is 21.4. The predicted octanol–water partition coefficient (Wildman–Crippen LogP) is 7.42. The summed E-state index contributed by atoms with van der Waals surface area (Å²) in [5.41, 5.74) is 1.79. The molecule has 1 aromatic heterocycles. The number of fused-ring (bicyclic) bond motifs is 1. The standard InChI is InChI=1S/C13H14NO2.3C4H9.Sn/c1-9(2)7-11-8-10-5-3-4-6-12(10)14(11)13(15)16;3*1-3-4-2;/h4-6,8-9H,7H2,1-2H3,(H,15,16);3*1,3-4H2,2H3;. The molecule has 1 heterocycles. The third-order valence-corrected chi connectivity index (χ3v) is 21.9. The maximum atomic E-state index is 12.0. The van der Waals surface area contributed by atoms with Gasteiger partial charge in [0, 0.05) is 0 Å². The normalized spacial score (nSPS) is 12.2. The average molecular weight is 506 g/mol. The summed E-state index contributed by atoms with van der Waals surface area (Å²) < 4.78 is 7.46. The SMILES string of the molecule is CCC[CH2][Sn]([CH2]CCC)([CH2]CCC)[c]1ccc2c(c1)cc(CC(C)C)n2C(=O)O. The summed E-state index contributed by atoms with van der Waals surface area (Å²) in [6.07, 6.45) is 7.78. The molecule has 0 aliphatic carbocycles. The third kappa shape index (κ3) is 6.02. The van der Waals surface area contributed by atoms with Crippen LogP contribution in [-0.2, 0) is 6.42 Å². The van der Waals surface area contributed by atoms with Crippen LogP contribution in [0.15, 0.2) is 24.3 Å². The Balaban J connectivity index is 2.57. The van der Waals surface area contributed by atoms with Crippen molar-refractivity contribution >= 4 is 39.0 Å². The number of hydrogen-bond acceptors (Lipinski definition) is 1. The van der Waals surface area contributed by atoms with Crippen molar-refractivity contribution in [2.45, 2.75) is 92.9 Å². The maximum absolute atomic E-state index is 12.0. The van der Waals surface area contributed by atoms with Gasteiger partial charge in [-0.3, -0.25) is 0 Å². The van der Waals surface area contributed by atoms with E-state index in [0.717, 1.165) is 23.0 Å². The molecule has 1 N–H and O–H groups in total. The van der Waals surface area contributed by atoms with E-state index in [9.17, 15) is 9.90 Å². The van der Waals surface area contributed by atoms with Crippen LogP contribution in [0.5, 0.6) is 0 Å². The Morgan fingerprint density at radius 3 is 1.97 bits per heavy atom. The van der Waals surface area contributed by atoms with Gasteiger partial charge in [0.2, 0.25) is 0 Å². The van der Waals surface area contributed by atoms with Crippen LogP contribution in [0.1, 0.15) is 78.8 Å². The fourth-order valence-electron chi connectivity index (χ4n) is 4.75. The molecule has 3 nitrogen and oxygen atoms in total. The molecule has 2 aromatic rings. The molecule has 4 heteroatoms. The van der Waals surface area contributed by atoms with Gasteiger partial charge in [-0.15, -0.1) is 0 Å². The minimum atomic E-state index is -2.50. The number of nitrogens with zero attached hydrogens (tertiary/aromatic N) is 1. The summed E-state index contributed by atoms with van der Waals surface area (Å²) in [6.45, 7) is 11.2. The zero-order valence-electron chi connectivity index (χ0n) is 19.3. The van der Waals surface area contributed by atoms with E-state index in [4.69, 9.17) is 0 Å². The molecule has 29 heavy (non-hydrogen) atoms. The van der Waals surface area contributed by atoms with Crippen LogP contribution in [-0.4, -0.2) is 34.1 Å². The molecular weight excluding hydrogens is 465 g/mol. The monoisotopic (exact) mass is 507 g/mol. The number of benzene rings is 1. The van der Waals surface area contributed by atoms with E-state index < -0.39 is 24.5 Å². The van der Waals surface area contributed by atoms with Crippen LogP contribution >= 0.6 is 0 Å². The van der Waals surface area contributed by atoms with Crippen LogP contribution in [0.25, 0.3) is 10.9 Å². The van der Waals surface area contributed by atoms with Crippen molar-refractivity contribution in [2.24, 2.45) is 5.92 Å². The molecule has 0 saturated carbocycles. The van der Waals surface area contributed by atoms with Crippen molar-refractivity contribution in [3.8, 4) is 0 Å². The second kappa shape index (κ2) is 11.4. The van der Waals surface area contributed by atoms with Crippen molar-refractivity contribution in [1.82, 2.24) is 4.57 Å². The van der Waals surface area contributed by atoms with Gasteiger partial charge in [-0.25, -0.2) is 0 Å². The summed E-state index contributed by atoms with van der Waals surface area (Å²) in [7, 11) is 0. The molecule has 0 amide bonds. The zero-order valence-corrected chi connectivity index (χ0v) is 22.1. The summed E-state index contributed by atoms with van der Waals surface area (Å²) in [4.78, 5) is 12.0. The van der Waals surface area contributed by atoms with E-state index in [0.29, 0.717) is 5.92 Å². The molecule has 0 atom stereocenters. The van der Waals surface area contributed by atoms with E-state index >= 15 is 0 Å². The van der Waals surface area contributed by atoms with E-state index in [1.165, 1.54) is 56.4 Å². The second-order valence-corrected chi connectivity index (χ2v) is 22.5. The van der Waals surface area contributed by atoms with Gasteiger partial charge in [-0.2, -0.15) is 0 Å². The van der Waals surface area contributed by atoms with E-state index in [1.54, 1.807) is 3.58 Å². The van der Waals surface area contributed by atoms with Gasteiger partial charge in [0.25, 0.3) is 0 Å². The molecule has 0 unspecified atom stereocenters. The van der Waals surface area contributed by atoms with Gasteiger partial charge in [0.15, 0.2) is 0 Å². The molecule has 0 fully saturated rings. The van der Waals surface area contributed by atoms with Crippen LogP contribution < -0.4 is 3.58 Å².